The van der Waals surface area contributed by atoms with Crippen LogP contribution in [0.3, 0.4) is 0 Å². The van der Waals surface area contributed by atoms with E-state index in [9.17, 15) is 0 Å². The molecule has 0 rings (SSSR count). The quantitative estimate of drug-likeness (QED) is 0.521. The van der Waals surface area contributed by atoms with Gasteiger partial charge < -0.3 is 5.32 Å². The molecule has 0 aliphatic rings. The minimum Gasteiger partial charge on any atom is -0.305 e. The Morgan fingerprint density at radius 3 is 2.31 bits per heavy atom. The van der Waals surface area contributed by atoms with Gasteiger partial charge in [0.1, 0.15) is 0 Å². The first-order valence-corrected chi connectivity index (χ1v) is 6.12. The van der Waals surface area contributed by atoms with Crippen LogP contribution in [0.1, 0.15) is 33.6 Å². The molecular weight excluding hydrogens is 178 g/mol. The summed E-state index contributed by atoms with van der Waals surface area (Å²) in [6.45, 7) is 8.28. The van der Waals surface area contributed by atoms with Crippen molar-refractivity contribution < 1.29 is 0 Å². The van der Waals surface area contributed by atoms with E-state index in [4.69, 9.17) is 0 Å². The summed E-state index contributed by atoms with van der Waals surface area (Å²) in [5, 5.41) is 3.39. The van der Waals surface area contributed by atoms with Crippen molar-refractivity contribution in [2.24, 2.45) is 0 Å². The van der Waals surface area contributed by atoms with Gasteiger partial charge in [0.05, 0.1) is 6.54 Å². The molecule has 0 aromatic carbocycles. The SMILES string of the molecule is CC#CCNCC(CC)(CC)SC. The topological polar surface area (TPSA) is 12.0 Å². The van der Waals surface area contributed by atoms with Crippen molar-refractivity contribution in [3.05, 3.63) is 0 Å². The summed E-state index contributed by atoms with van der Waals surface area (Å²) in [7, 11) is 0. The summed E-state index contributed by atoms with van der Waals surface area (Å²) in [6.07, 6.45) is 4.63. The Morgan fingerprint density at radius 2 is 1.92 bits per heavy atom. The van der Waals surface area contributed by atoms with Gasteiger partial charge in [-0.05, 0) is 26.0 Å². The Kier molecular flexibility index (Phi) is 7.22. The molecule has 0 fully saturated rings. The molecule has 0 unspecified atom stereocenters. The summed E-state index contributed by atoms with van der Waals surface area (Å²) in [4.78, 5) is 0. The van der Waals surface area contributed by atoms with Crippen molar-refractivity contribution in [3.8, 4) is 11.8 Å². The van der Waals surface area contributed by atoms with E-state index >= 15 is 0 Å². The summed E-state index contributed by atoms with van der Waals surface area (Å²) in [5.74, 6) is 5.91. The molecule has 0 aromatic rings. The molecule has 0 atom stereocenters. The molecule has 0 bridgehead atoms. The zero-order valence-electron chi connectivity index (χ0n) is 9.24. The van der Waals surface area contributed by atoms with Gasteiger partial charge in [0.15, 0.2) is 0 Å². The van der Waals surface area contributed by atoms with Crippen LogP contribution in [0.4, 0.5) is 0 Å². The summed E-state index contributed by atoms with van der Waals surface area (Å²) < 4.78 is 0.412. The molecule has 13 heavy (non-hydrogen) atoms. The third kappa shape index (κ3) is 4.59. The van der Waals surface area contributed by atoms with Crippen LogP contribution in [0, 0.1) is 11.8 Å². The molecule has 76 valence electrons. The van der Waals surface area contributed by atoms with Crippen LogP contribution >= 0.6 is 11.8 Å². The molecule has 0 aromatic heterocycles. The second-order valence-corrected chi connectivity index (χ2v) is 4.40. The predicted octanol–water partition coefficient (Wildman–Crippen LogP) is 2.52. The highest BCUT2D eigenvalue weighted by Crippen LogP contribution is 2.29. The van der Waals surface area contributed by atoms with Crippen LogP contribution in [0.15, 0.2) is 0 Å². The van der Waals surface area contributed by atoms with Crippen molar-refractivity contribution >= 4 is 11.8 Å². The minimum atomic E-state index is 0.412. The first-order chi connectivity index (χ1) is 6.24. The molecule has 0 saturated carbocycles. The van der Waals surface area contributed by atoms with Gasteiger partial charge in [-0.25, -0.2) is 0 Å². The Labute approximate surface area is 87.1 Å². The largest absolute Gasteiger partial charge is 0.305 e. The molecule has 0 radical (unpaired) electrons. The number of hydrogen-bond acceptors (Lipinski definition) is 2. The first kappa shape index (κ1) is 12.9. The maximum Gasteiger partial charge on any atom is 0.0576 e. The van der Waals surface area contributed by atoms with Crippen molar-refractivity contribution in [3.63, 3.8) is 0 Å². The molecule has 2 heteroatoms. The van der Waals surface area contributed by atoms with E-state index in [1.807, 2.05) is 18.7 Å². The van der Waals surface area contributed by atoms with Gasteiger partial charge in [-0.2, -0.15) is 11.8 Å². The molecule has 0 saturated heterocycles. The van der Waals surface area contributed by atoms with Crippen molar-refractivity contribution in [2.45, 2.75) is 38.4 Å². The number of nitrogens with one attached hydrogen (secondary N) is 1. The lowest BCUT2D eigenvalue weighted by Crippen LogP contribution is -2.36. The first-order valence-electron chi connectivity index (χ1n) is 4.90. The summed E-state index contributed by atoms with van der Waals surface area (Å²) >= 11 is 1.96. The monoisotopic (exact) mass is 199 g/mol. The van der Waals surface area contributed by atoms with Crippen LogP contribution < -0.4 is 5.32 Å². The molecule has 0 amide bonds. The summed E-state index contributed by atoms with van der Waals surface area (Å²) in [6, 6.07) is 0. The van der Waals surface area contributed by atoms with E-state index in [-0.39, 0.29) is 0 Å². The molecule has 0 aliphatic carbocycles. The maximum absolute atomic E-state index is 3.39. The van der Waals surface area contributed by atoms with Crippen molar-refractivity contribution in [1.29, 1.82) is 0 Å². The number of thioether (sulfide) groups is 1. The van der Waals surface area contributed by atoms with Gasteiger partial charge in [0.25, 0.3) is 0 Å². The smallest absolute Gasteiger partial charge is 0.0576 e. The maximum atomic E-state index is 3.39. The van der Waals surface area contributed by atoms with E-state index in [0.29, 0.717) is 4.75 Å². The number of rotatable bonds is 6. The van der Waals surface area contributed by atoms with Gasteiger partial charge in [-0.15, -0.1) is 5.92 Å². The summed E-state index contributed by atoms with van der Waals surface area (Å²) in [5.41, 5.74) is 0. The van der Waals surface area contributed by atoms with Crippen molar-refractivity contribution in [1.82, 2.24) is 5.32 Å². The average Bonchev–Trinajstić information content (AvgIpc) is 2.20. The van der Waals surface area contributed by atoms with E-state index in [0.717, 1.165) is 13.1 Å². The van der Waals surface area contributed by atoms with Gasteiger partial charge in [-0.1, -0.05) is 19.8 Å². The molecule has 0 aliphatic heterocycles. The molecule has 1 nitrogen and oxygen atoms in total. The predicted molar refractivity (Wildman–Crippen MR) is 63.1 cm³/mol. The normalized spacial score (nSPS) is 10.8. The van der Waals surface area contributed by atoms with Crippen LogP contribution in [0.25, 0.3) is 0 Å². The van der Waals surface area contributed by atoms with E-state index in [1.54, 1.807) is 0 Å². The number of hydrogen-bond donors (Lipinski definition) is 1. The fourth-order valence-corrected chi connectivity index (χ4v) is 2.13. The second kappa shape index (κ2) is 7.29. The van der Waals surface area contributed by atoms with Gasteiger partial charge in [0.2, 0.25) is 0 Å². The molecule has 1 N–H and O–H groups in total. The third-order valence-electron chi connectivity index (χ3n) is 2.56. The van der Waals surface area contributed by atoms with Crippen LogP contribution in [0.2, 0.25) is 0 Å². The van der Waals surface area contributed by atoms with E-state index < -0.39 is 0 Å². The standard InChI is InChI=1S/C11H21NS/c1-5-8-9-12-10-11(6-2,7-3)13-4/h12H,6-7,9-10H2,1-4H3. The fourth-order valence-electron chi connectivity index (χ4n) is 1.30. The highest BCUT2D eigenvalue weighted by atomic mass is 32.2. The Bertz CT molecular complexity index is 166. The Morgan fingerprint density at radius 1 is 1.31 bits per heavy atom. The second-order valence-electron chi connectivity index (χ2n) is 3.12. The zero-order valence-corrected chi connectivity index (χ0v) is 10.1. The van der Waals surface area contributed by atoms with Crippen LogP contribution in [0.5, 0.6) is 0 Å². The van der Waals surface area contributed by atoms with Gasteiger partial charge in [-0.3, -0.25) is 0 Å². The van der Waals surface area contributed by atoms with Crippen LogP contribution in [-0.4, -0.2) is 24.1 Å². The fraction of sp³-hybridized carbons (Fsp3) is 0.818. The average molecular weight is 199 g/mol. The van der Waals surface area contributed by atoms with Gasteiger partial charge >= 0.3 is 0 Å². The molecule has 0 heterocycles. The van der Waals surface area contributed by atoms with E-state index in [2.05, 4.69) is 37.3 Å². The molecule has 0 spiro atoms. The van der Waals surface area contributed by atoms with Gasteiger partial charge in [0, 0.05) is 11.3 Å². The Balaban J connectivity index is 3.85. The highest BCUT2D eigenvalue weighted by Gasteiger charge is 2.23. The lowest BCUT2D eigenvalue weighted by atomic mass is 10.0. The van der Waals surface area contributed by atoms with E-state index in [1.165, 1.54) is 12.8 Å². The van der Waals surface area contributed by atoms with Crippen LogP contribution in [-0.2, 0) is 0 Å². The highest BCUT2D eigenvalue weighted by molar-refractivity contribution is 8.00. The zero-order chi connectivity index (χ0) is 10.2. The third-order valence-corrected chi connectivity index (χ3v) is 4.15. The lowest BCUT2D eigenvalue weighted by Gasteiger charge is -2.29. The lowest BCUT2D eigenvalue weighted by molar-refractivity contribution is 0.511. The molecular formula is C11H21NS. The van der Waals surface area contributed by atoms with Crippen molar-refractivity contribution in [2.75, 3.05) is 19.3 Å². The minimum absolute atomic E-state index is 0.412. The Hall–Kier alpha value is -0.130.